The van der Waals surface area contributed by atoms with Gasteiger partial charge in [0.25, 0.3) is 0 Å². The number of fused-ring (bicyclic) bond motifs is 3. The fourth-order valence-electron chi connectivity index (χ4n) is 10.7. The smallest absolute Gasteiger partial charge is 0.335 e. The van der Waals surface area contributed by atoms with E-state index in [1.54, 1.807) is 24.3 Å². The Morgan fingerprint density at radius 2 is 0.640 bits per heavy atom. The number of aliphatic hydroxyl groups is 3. The molecule has 0 bridgehead atoms. The van der Waals surface area contributed by atoms with Crippen molar-refractivity contribution in [2.24, 2.45) is 23.5 Å². The van der Waals surface area contributed by atoms with Crippen molar-refractivity contribution in [3.8, 4) is 0 Å². The molecule has 0 aromatic heterocycles. The molecule has 0 radical (unpaired) electrons. The predicted octanol–water partition coefficient (Wildman–Crippen LogP) is 17.4. The van der Waals surface area contributed by atoms with Crippen molar-refractivity contribution in [3.05, 3.63) is 212 Å². The van der Waals surface area contributed by atoms with Gasteiger partial charge in [0.15, 0.2) is 23.1 Å². The molecule has 0 fully saturated rings. The number of aliphatic hydroxyl groups excluding tert-OH is 3. The number of benzene rings is 6. The third kappa shape index (κ3) is 26.9. The van der Waals surface area contributed by atoms with Crippen LogP contribution in [0.1, 0.15) is 181 Å². The number of rotatable bonds is 23. The Morgan fingerprint density at radius 3 is 0.860 bits per heavy atom. The zero-order valence-corrected chi connectivity index (χ0v) is 60.8. The van der Waals surface area contributed by atoms with Crippen molar-refractivity contribution in [1.29, 1.82) is 0 Å². The van der Waals surface area contributed by atoms with Crippen LogP contribution in [0.25, 0.3) is 0 Å². The van der Waals surface area contributed by atoms with Crippen LogP contribution < -0.4 is 5.73 Å². The summed E-state index contributed by atoms with van der Waals surface area (Å²) in [5, 5.41) is 47.3. The molecule has 0 heterocycles. The number of carbonyl (C=O) groups is 6. The number of Topliss-reactive ketones (excluding diaryl/α,β-unsaturated/α-hetero) is 4. The van der Waals surface area contributed by atoms with E-state index in [0.717, 1.165) is 57.8 Å². The third-order valence-corrected chi connectivity index (χ3v) is 181. The van der Waals surface area contributed by atoms with Gasteiger partial charge in [-0.05, 0) is 179 Å². The van der Waals surface area contributed by atoms with Gasteiger partial charge in [0.05, 0.1) is 29.4 Å². The van der Waals surface area contributed by atoms with Gasteiger partial charge in [0.1, 0.15) is 0 Å². The van der Waals surface area contributed by atoms with Crippen LogP contribution in [-0.4, -0.2) is 85.5 Å². The molecule has 7 N–H and O–H groups in total. The summed E-state index contributed by atoms with van der Waals surface area (Å²) in [7, 11) is -0.628. The number of carboxylic acid groups (broad SMARTS) is 2. The fourth-order valence-corrected chi connectivity index (χ4v) is 10.7. The van der Waals surface area contributed by atoms with E-state index in [1.807, 2.05) is 0 Å². The van der Waals surface area contributed by atoms with Gasteiger partial charge in [-0.25, -0.2) is 9.59 Å². The monoisotopic (exact) mass is 1850 g/mol. The van der Waals surface area contributed by atoms with Gasteiger partial charge in [-0.1, -0.05) is 129 Å². The second kappa shape index (κ2) is 40.1. The van der Waals surface area contributed by atoms with Crippen LogP contribution in [0.15, 0.2) is 146 Å². The van der Waals surface area contributed by atoms with Crippen LogP contribution in [-0.2, 0) is 38.5 Å². The van der Waals surface area contributed by atoms with E-state index in [2.05, 4.69) is 147 Å². The van der Waals surface area contributed by atoms with Crippen molar-refractivity contribution in [2.75, 3.05) is 6.54 Å². The van der Waals surface area contributed by atoms with Crippen molar-refractivity contribution >= 4 is 125 Å². The minimum absolute atomic E-state index is 0. The maximum Gasteiger partial charge on any atom is 0.335 e. The molecular formula is C68H81I6NO11. The van der Waals surface area contributed by atoms with Gasteiger partial charge in [0, 0.05) is 41.6 Å². The van der Waals surface area contributed by atoms with Gasteiger partial charge in [-0.2, -0.15) is 0 Å². The maximum absolute atomic E-state index is 12.2. The number of ketones is 4. The molecule has 6 aromatic rings. The molecular weight excluding hydrogens is 1770 g/mol. The topological polar surface area (TPSA) is 230 Å². The Hall–Kier alpha value is -2.84. The first-order valence-electron chi connectivity index (χ1n) is 28.5. The Balaban J connectivity index is 0.000000246. The maximum atomic E-state index is 12.2. The minimum Gasteiger partial charge on any atom is -0.478 e. The van der Waals surface area contributed by atoms with E-state index in [0.29, 0.717) is 72.2 Å². The molecule has 86 heavy (non-hydrogen) atoms. The molecule has 466 valence electrons. The van der Waals surface area contributed by atoms with E-state index in [1.165, 1.54) is 109 Å². The number of carboxylic acids is 2. The summed E-state index contributed by atoms with van der Waals surface area (Å²) in [6.07, 6.45) is 12.4. The van der Waals surface area contributed by atoms with Crippen LogP contribution in [0.2, 0.25) is 0 Å². The first-order chi connectivity index (χ1) is 40.6. The van der Waals surface area contributed by atoms with Crippen LogP contribution in [0.5, 0.6) is 0 Å². The van der Waals surface area contributed by atoms with Gasteiger partial charge in [0.2, 0.25) is 0 Å². The molecule has 0 unspecified atom stereocenters. The summed E-state index contributed by atoms with van der Waals surface area (Å²) in [5.74, 6) is -0.192. The zero-order chi connectivity index (χ0) is 62.0. The second-order valence-corrected chi connectivity index (χ2v) is 119. The van der Waals surface area contributed by atoms with Gasteiger partial charge >= 0.3 is 102 Å². The molecule has 9 rings (SSSR count). The summed E-state index contributed by atoms with van der Waals surface area (Å²) >= 11 is 10.5. The van der Waals surface area contributed by atoms with Crippen LogP contribution >= 0.6 is 90.3 Å². The van der Waals surface area contributed by atoms with Crippen LogP contribution in [0.4, 0.5) is 0 Å². The molecule has 18 heteroatoms. The normalized spacial score (nSPS) is 14.3. The van der Waals surface area contributed by atoms with Gasteiger partial charge in [-0.15, -0.1) is 0 Å². The average molecular weight is 1850 g/mol. The molecule has 0 spiro atoms. The quantitative estimate of drug-likeness (QED) is 0.0260. The number of carbonyl (C=O) groups excluding carboxylic acids is 4. The van der Waals surface area contributed by atoms with Crippen LogP contribution in [0, 0.1) is 17.8 Å². The molecule has 3 aliphatic carbocycles. The molecule has 3 atom stereocenters. The molecule has 3 aliphatic rings. The number of hydrogen-bond donors (Lipinski definition) is 6. The second-order valence-electron chi connectivity index (χ2n) is 21.8. The Labute approximate surface area is 557 Å². The van der Waals surface area contributed by atoms with E-state index >= 15 is 0 Å². The number of halogens is 6. The minimum atomic E-state index is -1.01. The van der Waals surface area contributed by atoms with Crippen molar-refractivity contribution in [1.82, 2.24) is 0 Å². The van der Waals surface area contributed by atoms with E-state index in [9.17, 15) is 44.1 Å². The van der Waals surface area contributed by atoms with Crippen molar-refractivity contribution < 1.29 is 54.3 Å². The van der Waals surface area contributed by atoms with E-state index in [4.69, 9.17) is 15.9 Å². The summed E-state index contributed by atoms with van der Waals surface area (Å²) in [5.41, 5.74) is 16.7. The third-order valence-electron chi connectivity index (χ3n) is 15.5. The Morgan fingerprint density at radius 1 is 0.407 bits per heavy atom. The Kier molecular flexibility index (Phi) is 35.3. The molecule has 12 nitrogen and oxygen atoms in total. The first kappa shape index (κ1) is 75.6. The predicted molar refractivity (Wildman–Crippen MR) is 398 cm³/mol. The summed E-state index contributed by atoms with van der Waals surface area (Å²) < 4.78 is 0. The van der Waals surface area contributed by atoms with E-state index in [-0.39, 0.29) is 70.0 Å². The molecule has 6 aromatic carbocycles. The Bertz CT molecular complexity index is 2850. The number of hydrogen-bond acceptors (Lipinski definition) is 10. The average Bonchev–Trinajstić information content (AvgIpc) is 3.67. The number of aromatic carboxylic acids is 2. The summed E-state index contributed by atoms with van der Waals surface area (Å²) in [6, 6.07) is 44.3. The van der Waals surface area contributed by atoms with Crippen LogP contribution in [0.3, 0.4) is 0 Å². The SMILES string of the molecule is C.CC(=O)c1ccc(C(=O)CC[C@@H](O)CCC2Cc3ccccc3C2)cc1.CC(=O)c1ccc(C(=O)O)cc1.II(I)I(I)I.NC[C@@H](O)CCC1Cc2ccccc2C1.O=C(O)c1ccc(C(=O)CC[C@@H](O)CCC2Cc3ccccc3C2)cc1. The summed E-state index contributed by atoms with van der Waals surface area (Å²) in [4.78, 5) is 67.7. The molecule has 0 saturated heterocycles. The molecule has 0 aliphatic heterocycles. The largest absolute Gasteiger partial charge is 0.478 e. The van der Waals surface area contributed by atoms with Crippen molar-refractivity contribution in [2.45, 2.75) is 142 Å². The standard InChI is InChI=1S/C23H26O3.C22H24O4.C13H19NO.C9H8O3.CH4.I6/c1-16(24)18-7-9-19(10-8-18)23(26)13-12-22(25)11-6-17-14-20-4-2-3-5-21(20)15-17;23-20(10-5-15-13-18-3-1-2-4-19(18)14-15)11-12-21(24)16-6-8-17(9-7-16)22(25)26;14-9-13(15)6-5-10-7-11-3-1-2-4-12(11)8-10;1-6(10)7-2-4-8(5-3-7)9(11)12;;1-5(2)6(3)4/h2-5,7-10,17,22,25H,6,11-15H2,1H3;1-4,6-9,15,20,23H,5,10-14H2,(H,25,26);1-4,10,13,15H,5-9,14H2;2-5H,1H3,(H,11,12);1H4;/t22-;20-;13-;;;/m000.../s1. The summed E-state index contributed by atoms with van der Waals surface area (Å²) in [6.45, 7) is 3.34. The fraction of sp³-hybridized carbons (Fsp3) is 0.382. The van der Waals surface area contributed by atoms with Gasteiger partial charge < -0.3 is 31.3 Å². The first-order valence-corrected chi connectivity index (χ1v) is 59.9. The van der Waals surface area contributed by atoms with E-state index < -0.39 is 24.1 Å². The number of nitrogens with two attached hydrogens (primary N) is 1. The van der Waals surface area contributed by atoms with Gasteiger partial charge in [-0.3, -0.25) is 19.2 Å². The molecule has 0 saturated carbocycles. The zero-order valence-electron chi connectivity index (χ0n) is 47.9. The van der Waals surface area contributed by atoms with Crippen molar-refractivity contribution in [3.63, 3.8) is 0 Å². The molecule has 0 amide bonds.